The lowest BCUT2D eigenvalue weighted by Crippen LogP contribution is -2.65. The highest BCUT2D eigenvalue weighted by atomic mass is 16.3. The molecule has 0 radical (unpaired) electrons. The second-order valence-corrected chi connectivity index (χ2v) is 14.3. The van der Waals surface area contributed by atoms with E-state index in [9.17, 15) is 15.3 Å². The third-order valence-corrected chi connectivity index (χ3v) is 11.7. The summed E-state index contributed by atoms with van der Waals surface area (Å²) in [7, 11) is 0. The van der Waals surface area contributed by atoms with Crippen molar-refractivity contribution in [3.05, 3.63) is 54.4 Å². The van der Waals surface area contributed by atoms with Gasteiger partial charge < -0.3 is 25.2 Å². The summed E-state index contributed by atoms with van der Waals surface area (Å²) in [5.41, 5.74) is 3.09. The van der Waals surface area contributed by atoms with Crippen LogP contribution in [-0.2, 0) is 0 Å². The number of rotatable bonds is 1. The van der Waals surface area contributed by atoms with Gasteiger partial charge in [0, 0.05) is 46.5 Å². The lowest BCUT2D eigenvalue weighted by atomic mass is 9.54. The van der Waals surface area contributed by atoms with E-state index in [1.807, 2.05) is 24.4 Å². The van der Waals surface area contributed by atoms with Gasteiger partial charge in [-0.25, -0.2) is 0 Å². The Kier molecular flexibility index (Phi) is 6.94. The Morgan fingerprint density at radius 3 is 2.77 bits per heavy atom. The van der Waals surface area contributed by atoms with E-state index in [1.165, 1.54) is 18.4 Å². The van der Waals surface area contributed by atoms with E-state index < -0.39 is 5.60 Å². The average Bonchev–Trinajstić information content (AvgIpc) is 3.51. The van der Waals surface area contributed by atoms with E-state index in [-0.39, 0.29) is 23.3 Å². The number of allylic oxidation sites excluding steroid dienone is 3. The van der Waals surface area contributed by atoms with Gasteiger partial charge in [-0.15, -0.1) is 0 Å². The summed E-state index contributed by atoms with van der Waals surface area (Å²) in [4.78, 5) is 14.1. The summed E-state index contributed by atoms with van der Waals surface area (Å²) in [6, 6.07) is 7.99. The third-order valence-electron chi connectivity index (χ3n) is 11.7. The van der Waals surface area contributed by atoms with Crippen LogP contribution in [0.4, 0.5) is 0 Å². The molecule has 3 fully saturated rings. The number of phenolic OH excluding ortho intramolecular Hbond substituents is 1. The molecule has 8 rings (SSSR count). The molecule has 5 unspecified atom stereocenters. The van der Waals surface area contributed by atoms with Crippen LogP contribution >= 0.6 is 0 Å². The average molecular weight is 583 g/mol. The molecule has 3 saturated heterocycles. The monoisotopic (exact) mass is 582 g/mol. The van der Waals surface area contributed by atoms with E-state index in [1.54, 1.807) is 6.07 Å². The number of fused-ring (bicyclic) bond motifs is 5. The number of aliphatic hydroxyl groups is 2. The maximum absolute atomic E-state index is 13.1. The molecule has 5 aliphatic rings. The summed E-state index contributed by atoms with van der Waals surface area (Å²) in [6.45, 7) is 4.16. The summed E-state index contributed by atoms with van der Waals surface area (Å²) >= 11 is 0. The maximum Gasteiger partial charge on any atom is 0.116 e. The molecular weight excluding hydrogens is 536 g/mol. The molecule has 1 aromatic carbocycles. The first-order chi connectivity index (χ1) is 21.0. The van der Waals surface area contributed by atoms with Crippen molar-refractivity contribution in [2.45, 2.75) is 94.4 Å². The maximum atomic E-state index is 13.1. The van der Waals surface area contributed by atoms with Crippen LogP contribution in [0.3, 0.4) is 0 Å². The van der Waals surface area contributed by atoms with E-state index in [0.29, 0.717) is 18.4 Å². The summed E-state index contributed by atoms with van der Waals surface area (Å²) in [6.07, 6.45) is 19.5. The number of pyridine rings is 1. The van der Waals surface area contributed by atoms with Crippen molar-refractivity contribution in [2.75, 3.05) is 26.2 Å². The minimum Gasteiger partial charge on any atom is -0.508 e. The highest BCUT2D eigenvalue weighted by Crippen LogP contribution is 2.62. The molecule has 0 amide bonds. The van der Waals surface area contributed by atoms with Crippen LogP contribution in [0.2, 0.25) is 0 Å². The Morgan fingerprint density at radius 1 is 0.930 bits per heavy atom. The predicted molar refractivity (Wildman–Crippen MR) is 171 cm³/mol. The highest BCUT2D eigenvalue weighted by molar-refractivity contribution is 6.10. The molecule has 0 saturated carbocycles. The van der Waals surface area contributed by atoms with Crippen LogP contribution in [0.25, 0.3) is 27.4 Å². The smallest absolute Gasteiger partial charge is 0.116 e. The second-order valence-electron chi connectivity index (χ2n) is 14.3. The van der Waals surface area contributed by atoms with E-state index >= 15 is 0 Å². The topological polar surface area (TPSA) is 95.8 Å². The van der Waals surface area contributed by atoms with Crippen LogP contribution in [-0.4, -0.2) is 85.1 Å². The zero-order chi connectivity index (χ0) is 29.2. The van der Waals surface area contributed by atoms with Crippen molar-refractivity contribution >= 4 is 27.4 Å². The minimum atomic E-state index is -0.978. The number of nitrogens with zero attached hydrogens (tertiary/aromatic N) is 3. The zero-order valence-corrected chi connectivity index (χ0v) is 25.2. The van der Waals surface area contributed by atoms with E-state index in [0.717, 1.165) is 105 Å². The van der Waals surface area contributed by atoms with E-state index in [2.05, 4.69) is 33.0 Å². The lowest BCUT2D eigenvalue weighted by Gasteiger charge is -2.58. The fraction of sp³-hybridized carbons (Fsp3) is 0.583. The number of aromatic nitrogens is 2. The first-order valence-corrected chi connectivity index (χ1v) is 16.8. The summed E-state index contributed by atoms with van der Waals surface area (Å²) < 4.78 is 0. The summed E-state index contributed by atoms with van der Waals surface area (Å²) in [5.74, 6) is 0.558. The number of aliphatic hydroxyl groups excluding tert-OH is 1. The molecule has 4 aliphatic heterocycles. The third kappa shape index (κ3) is 4.57. The van der Waals surface area contributed by atoms with Gasteiger partial charge in [-0.1, -0.05) is 12.2 Å². The number of phenols is 1. The molecule has 7 atom stereocenters. The number of benzene rings is 1. The van der Waals surface area contributed by atoms with Gasteiger partial charge in [0.1, 0.15) is 5.75 Å². The molecule has 2 aromatic heterocycles. The van der Waals surface area contributed by atoms with Gasteiger partial charge in [-0.3, -0.25) is 9.88 Å². The van der Waals surface area contributed by atoms with E-state index in [4.69, 9.17) is 4.98 Å². The molecule has 1 spiro atoms. The van der Waals surface area contributed by atoms with Crippen molar-refractivity contribution in [1.29, 1.82) is 0 Å². The van der Waals surface area contributed by atoms with Gasteiger partial charge in [0.05, 0.1) is 22.9 Å². The first kappa shape index (κ1) is 27.8. The van der Waals surface area contributed by atoms with Crippen molar-refractivity contribution < 1.29 is 15.3 Å². The molecule has 4 N–H and O–H groups in total. The molecule has 7 heteroatoms. The Bertz CT molecular complexity index is 1580. The molecule has 228 valence electrons. The van der Waals surface area contributed by atoms with Crippen LogP contribution < -0.4 is 0 Å². The Hall–Kier alpha value is -2.71. The fourth-order valence-corrected chi connectivity index (χ4v) is 10.0. The Labute approximate surface area is 254 Å². The molecular formula is C36H46N4O3. The van der Waals surface area contributed by atoms with Gasteiger partial charge in [0.15, 0.2) is 0 Å². The number of hydrogen-bond acceptors (Lipinski definition) is 6. The number of piperidine rings is 1. The lowest BCUT2D eigenvalue weighted by molar-refractivity contribution is -0.0918. The standard InChI is InChI=1S/C36H46N4O3/c41-25-8-7-18-40-24(9-10-25)21-35-23-39-17-6-4-2-1-3-5-15-36(43,34(35)40)22-29(30(35)14-19-39)32-33-27(13-16-37-32)28-20-26(42)11-12-31(28)38-33/h1,3,11-13,16,20,22,24-25,30,34,38,41-43H,2,4-10,14-15,17-19,21,23H2/b3-1-/t24-,25+,30?,34?,35?,36?/m0/s1. The van der Waals surface area contributed by atoms with Crippen molar-refractivity contribution in [3.8, 4) is 5.75 Å². The second kappa shape index (κ2) is 10.7. The highest BCUT2D eigenvalue weighted by Gasteiger charge is 2.66. The predicted octanol–water partition coefficient (Wildman–Crippen LogP) is 5.76. The Balaban J connectivity index is 1.33. The van der Waals surface area contributed by atoms with Gasteiger partial charge >= 0.3 is 0 Å². The molecule has 3 aromatic rings. The number of aromatic amines is 1. The molecule has 3 bridgehead atoms. The van der Waals surface area contributed by atoms with Crippen molar-refractivity contribution in [2.24, 2.45) is 11.3 Å². The first-order valence-electron chi connectivity index (χ1n) is 16.8. The molecule has 6 heterocycles. The number of aromatic hydroxyl groups is 1. The van der Waals surface area contributed by atoms with Crippen LogP contribution in [0.5, 0.6) is 5.75 Å². The van der Waals surface area contributed by atoms with Crippen molar-refractivity contribution in [1.82, 2.24) is 19.8 Å². The molecule has 1 aliphatic carbocycles. The van der Waals surface area contributed by atoms with Gasteiger partial charge in [-0.05, 0) is 132 Å². The van der Waals surface area contributed by atoms with Crippen LogP contribution in [0.15, 0.2) is 48.7 Å². The SMILES string of the molecule is Oc1ccc2[nH]c3c(C4=CC5(O)CC/C=C\CCCCN6CCC4C4(C[C@@H]7CC[C@H](O)CCCN7C54)C6)nccc3c2c1. The number of nitrogens with one attached hydrogen (secondary N) is 1. The minimum absolute atomic E-state index is 0.0600. The molecule has 7 nitrogen and oxygen atoms in total. The van der Waals surface area contributed by atoms with Crippen LogP contribution in [0, 0.1) is 11.3 Å². The van der Waals surface area contributed by atoms with Crippen LogP contribution in [0.1, 0.15) is 76.3 Å². The normalized spacial score (nSPS) is 37.8. The number of H-pyrrole nitrogens is 1. The largest absolute Gasteiger partial charge is 0.508 e. The summed E-state index contributed by atoms with van der Waals surface area (Å²) in [5, 5.41) is 36.1. The zero-order valence-electron chi connectivity index (χ0n) is 25.2. The quantitative estimate of drug-likeness (QED) is 0.273. The van der Waals surface area contributed by atoms with Gasteiger partial charge in [0.2, 0.25) is 0 Å². The fourth-order valence-electron chi connectivity index (χ4n) is 10.0. The molecule has 43 heavy (non-hydrogen) atoms. The number of hydrogen-bond donors (Lipinski definition) is 4. The van der Waals surface area contributed by atoms with Gasteiger partial charge in [-0.2, -0.15) is 0 Å². The van der Waals surface area contributed by atoms with Crippen molar-refractivity contribution in [3.63, 3.8) is 0 Å². The van der Waals surface area contributed by atoms with Gasteiger partial charge in [0.25, 0.3) is 0 Å². The Morgan fingerprint density at radius 2 is 1.84 bits per heavy atom.